The Morgan fingerprint density at radius 1 is 1.08 bits per heavy atom. The average Bonchev–Trinajstić information content (AvgIpc) is 3.02. The lowest BCUT2D eigenvalue weighted by Gasteiger charge is -2.27. The summed E-state index contributed by atoms with van der Waals surface area (Å²) in [5.74, 6) is 3.21. The molecule has 1 aliphatic rings. The predicted molar refractivity (Wildman–Crippen MR) is 108 cm³/mol. The second kappa shape index (κ2) is 7.10. The fraction of sp³-hybridized carbons (Fsp3) is 0.455. The molecule has 2 heterocycles. The largest absolute Gasteiger partial charge is 0.367 e. The Morgan fingerprint density at radius 2 is 1.81 bits per heavy atom. The Labute approximate surface area is 155 Å². The number of imidazole rings is 1. The van der Waals surface area contributed by atoms with E-state index < -0.39 is 0 Å². The molecule has 1 fully saturated rings. The summed E-state index contributed by atoms with van der Waals surface area (Å²) in [7, 11) is 0. The molecule has 4 rings (SSSR count). The normalized spacial score (nSPS) is 20.6. The second-order valence-corrected chi connectivity index (χ2v) is 7.98. The minimum absolute atomic E-state index is 0.514. The molecule has 0 saturated heterocycles. The van der Waals surface area contributed by atoms with Gasteiger partial charge in [0.2, 0.25) is 5.78 Å². The van der Waals surface area contributed by atoms with Gasteiger partial charge in [0.05, 0.1) is 0 Å². The van der Waals surface area contributed by atoms with Crippen LogP contribution in [0.2, 0.25) is 0 Å². The second-order valence-electron chi connectivity index (χ2n) is 7.98. The third-order valence-electron chi connectivity index (χ3n) is 5.61. The summed E-state index contributed by atoms with van der Waals surface area (Å²) in [6.07, 6.45) is 8.89. The zero-order chi connectivity index (χ0) is 18.1. The Bertz CT molecular complexity index is 871. The van der Waals surface area contributed by atoms with Crippen LogP contribution in [0.4, 0.5) is 5.82 Å². The van der Waals surface area contributed by atoms with E-state index in [9.17, 15) is 0 Å². The van der Waals surface area contributed by atoms with Crippen LogP contribution < -0.4 is 5.32 Å². The molecule has 26 heavy (non-hydrogen) atoms. The quantitative estimate of drug-likeness (QED) is 0.676. The van der Waals surface area contributed by atoms with Crippen molar-refractivity contribution in [2.45, 2.75) is 58.4 Å². The molecule has 0 spiro atoms. The van der Waals surface area contributed by atoms with Gasteiger partial charge in [-0.15, -0.1) is 0 Å². The third-order valence-corrected chi connectivity index (χ3v) is 5.61. The van der Waals surface area contributed by atoms with Crippen LogP contribution >= 0.6 is 0 Å². The van der Waals surface area contributed by atoms with E-state index in [0.717, 1.165) is 28.8 Å². The van der Waals surface area contributed by atoms with E-state index in [0.29, 0.717) is 12.0 Å². The zero-order valence-corrected chi connectivity index (χ0v) is 15.9. The maximum atomic E-state index is 4.83. The maximum absolute atomic E-state index is 4.83. The van der Waals surface area contributed by atoms with E-state index in [1.807, 2.05) is 6.07 Å². The molecule has 4 heteroatoms. The van der Waals surface area contributed by atoms with Crippen molar-refractivity contribution in [1.29, 1.82) is 0 Å². The Balaban J connectivity index is 1.71. The van der Waals surface area contributed by atoms with E-state index in [-0.39, 0.29) is 0 Å². The van der Waals surface area contributed by atoms with Crippen LogP contribution in [0.15, 0.2) is 42.7 Å². The van der Waals surface area contributed by atoms with Crippen LogP contribution in [0.25, 0.3) is 17.0 Å². The lowest BCUT2D eigenvalue weighted by atomic mass is 9.87. The zero-order valence-electron chi connectivity index (χ0n) is 15.9. The van der Waals surface area contributed by atoms with Crippen molar-refractivity contribution in [3.05, 3.63) is 48.3 Å². The smallest absolute Gasteiger partial charge is 0.235 e. The number of rotatable bonds is 4. The fourth-order valence-corrected chi connectivity index (χ4v) is 3.85. The lowest BCUT2D eigenvalue weighted by molar-refractivity contribution is 0.361. The first-order valence-electron chi connectivity index (χ1n) is 9.81. The molecule has 1 aromatic carbocycles. The number of fused-ring (bicyclic) bond motifs is 1. The summed E-state index contributed by atoms with van der Waals surface area (Å²) in [6.45, 7) is 6.80. The average molecular weight is 348 g/mol. The van der Waals surface area contributed by atoms with Gasteiger partial charge in [-0.1, -0.05) is 45.0 Å². The van der Waals surface area contributed by atoms with Gasteiger partial charge in [0.15, 0.2) is 0 Å². The molecular formula is C22H28N4. The first-order valence-corrected chi connectivity index (χ1v) is 9.81. The molecule has 0 bridgehead atoms. The highest BCUT2D eigenvalue weighted by Crippen LogP contribution is 2.32. The van der Waals surface area contributed by atoms with Gasteiger partial charge in [-0.05, 0) is 49.1 Å². The first-order chi connectivity index (χ1) is 12.6. The van der Waals surface area contributed by atoms with Gasteiger partial charge in [0.25, 0.3) is 0 Å². The Hall–Kier alpha value is -2.36. The minimum Gasteiger partial charge on any atom is -0.367 e. The number of aromatic nitrogens is 3. The molecule has 0 atom stereocenters. The maximum Gasteiger partial charge on any atom is 0.235 e. The molecule has 0 radical (unpaired) electrons. The minimum atomic E-state index is 0.514. The van der Waals surface area contributed by atoms with Gasteiger partial charge in [-0.2, -0.15) is 0 Å². The van der Waals surface area contributed by atoms with Gasteiger partial charge in [0, 0.05) is 24.0 Å². The van der Waals surface area contributed by atoms with Crippen molar-refractivity contribution in [3.63, 3.8) is 0 Å². The summed E-state index contributed by atoms with van der Waals surface area (Å²) in [5, 5.41) is 3.79. The number of nitrogens with zero attached hydrogens (tertiary/aromatic N) is 3. The first kappa shape index (κ1) is 17.1. The van der Waals surface area contributed by atoms with Crippen LogP contribution in [-0.2, 0) is 0 Å². The number of hydrogen-bond donors (Lipinski definition) is 1. The van der Waals surface area contributed by atoms with Crippen molar-refractivity contribution in [2.75, 3.05) is 5.32 Å². The number of nitrogens with one attached hydrogen (secondary N) is 1. The van der Waals surface area contributed by atoms with Crippen LogP contribution in [0.5, 0.6) is 0 Å². The predicted octanol–water partition coefficient (Wildman–Crippen LogP) is 5.51. The van der Waals surface area contributed by atoms with Gasteiger partial charge >= 0.3 is 0 Å². The molecular weight excluding hydrogens is 320 g/mol. The SMILES string of the molecule is CC1CCC(Nc2c(-c3ccc(C(C)C)cc3)nc3ncccn23)CC1. The van der Waals surface area contributed by atoms with E-state index in [1.54, 1.807) is 6.20 Å². The third kappa shape index (κ3) is 3.33. The molecule has 3 aromatic rings. The van der Waals surface area contributed by atoms with E-state index in [1.165, 1.54) is 31.2 Å². The summed E-state index contributed by atoms with van der Waals surface area (Å²) < 4.78 is 2.09. The molecule has 136 valence electrons. The number of benzene rings is 1. The summed E-state index contributed by atoms with van der Waals surface area (Å²) in [5.41, 5.74) is 3.50. The highest BCUT2D eigenvalue weighted by Gasteiger charge is 2.22. The molecule has 1 saturated carbocycles. The number of anilines is 1. The summed E-state index contributed by atoms with van der Waals surface area (Å²) in [4.78, 5) is 9.28. The van der Waals surface area contributed by atoms with Crippen molar-refractivity contribution in [3.8, 4) is 11.3 Å². The van der Waals surface area contributed by atoms with Crippen molar-refractivity contribution < 1.29 is 0 Å². The fourth-order valence-electron chi connectivity index (χ4n) is 3.85. The monoisotopic (exact) mass is 348 g/mol. The highest BCUT2D eigenvalue weighted by atomic mass is 15.2. The molecule has 0 unspecified atom stereocenters. The molecule has 2 aromatic heterocycles. The molecule has 0 amide bonds. The van der Waals surface area contributed by atoms with Gasteiger partial charge in [-0.25, -0.2) is 9.97 Å². The van der Waals surface area contributed by atoms with E-state index in [2.05, 4.69) is 65.9 Å². The summed E-state index contributed by atoms with van der Waals surface area (Å²) >= 11 is 0. The molecule has 4 nitrogen and oxygen atoms in total. The van der Waals surface area contributed by atoms with Crippen molar-refractivity contribution in [1.82, 2.24) is 14.4 Å². The van der Waals surface area contributed by atoms with Crippen LogP contribution in [0.3, 0.4) is 0 Å². The van der Waals surface area contributed by atoms with E-state index >= 15 is 0 Å². The molecule has 1 aliphatic carbocycles. The van der Waals surface area contributed by atoms with Gasteiger partial charge < -0.3 is 5.32 Å². The van der Waals surface area contributed by atoms with Crippen LogP contribution in [-0.4, -0.2) is 20.4 Å². The molecule has 1 N–H and O–H groups in total. The van der Waals surface area contributed by atoms with Crippen LogP contribution in [0.1, 0.15) is 57.9 Å². The highest BCUT2D eigenvalue weighted by molar-refractivity contribution is 5.76. The summed E-state index contributed by atoms with van der Waals surface area (Å²) in [6, 6.07) is 11.3. The Morgan fingerprint density at radius 3 is 2.50 bits per heavy atom. The van der Waals surface area contributed by atoms with Crippen molar-refractivity contribution in [2.24, 2.45) is 5.92 Å². The standard InChI is InChI=1S/C22H28N4/c1-15(2)17-7-9-18(10-8-17)20-21(24-19-11-5-16(3)6-12-19)26-14-4-13-23-22(26)25-20/h4,7-10,13-16,19,24H,5-6,11-12H2,1-3H3. The van der Waals surface area contributed by atoms with Gasteiger partial charge in [0.1, 0.15) is 11.5 Å². The van der Waals surface area contributed by atoms with Crippen molar-refractivity contribution >= 4 is 11.6 Å². The van der Waals surface area contributed by atoms with Gasteiger partial charge in [-0.3, -0.25) is 4.40 Å². The lowest BCUT2D eigenvalue weighted by Crippen LogP contribution is -2.26. The molecule has 0 aliphatic heterocycles. The number of hydrogen-bond acceptors (Lipinski definition) is 3. The topological polar surface area (TPSA) is 42.2 Å². The van der Waals surface area contributed by atoms with Crippen LogP contribution in [0, 0.1) is 5.92 Å². The Kier molecular flexibility index (Phi) is 4.66. The van der Waals surface area contributed by atoms with E-state index in [4.69, 9.17) is 4.98 Å².